The number of hydrogen-bond donors (Lipinski definition) is 1. The molecule has 5 aromatic rings. The van der Waals surface area contributed by atoms with Crippen LogP contribution < -0.4 is 5.32 Å². The molecule has 3 aromatic carbocycles. The smallest absolute Gasteiger partial charge is 0.267 e. The highest BCUT2D eigenvalue weighted by Gasteiger charge is 2.18. The summed E-state index contributed by atoms with van der Waals surface area (Å²) in [7, 11) is 0. The first kappa shape index (κ1) is 19.3. The lowest BCUT2D eigenvalue weighted by molar-refractivity contribution is 0.103. The van der Waals surface area contributed by atoms with Crippen molar-refractivity contribution in [3.8, 4) is 5.69 Å². The fourth-order valence-corrected chi connectivity index (χ4v) is 4.87. The Morgan fingerprint density at radius 3 is 2.40 bits per heavy atom. The second kappa shape index (κ2) is 7.56. The second-order valence-corrected chi connectivity index (χ2v) is 8.81. The summed E-state index contributed by atoms with van der Waals surface area (Å²) in [5.41, 5.74) is 2.74. The van der Waals surface area contributed by atoms with Crippen LogP contribution in [0.3, 0.4) is 0 Å². The van der Waals surface area contributed by atoms with E-state index >= 15 is 0 Å². The van der Waals surface area contributed by atoms with E-state index in [9.17, 15) is 4.79 Å². The molecule has 5 nitrogen and oxygen atoms in total. The van der Waals surface area contributed by atoms with Crippen LogP contribution in [0.15, 0.2) is 60.7 Å². The normalized spacial score (nSPS) is 11.3. The van der Waals surface area contributed by atoms with Crippen molar-refractivity contribution >= 4 is 78.9 Å². The number of halogens is 3. The molecule has 0 unspecified atom stereocenters. The largest absolute Gasteiger partial charge is 0.321 e. The number of hydrogen-bond acceptors (Lipinski definition) is 4. The molecule has 148 valence electrons. The van der Waals surface area contributed by atoms with Crippen LogP contribution in [0.4, 0.5) is 5.69 Å². The van der Waals surface area contributed by atoms with Crippen LogP contribution in [0.5, 0.6) is 0 Å². The van der Waals surface area contributed by atoms with Crippen molar-refractivity contribution in [1.29, 1.82) is 0 Å². The van der Waals surface area contributed by atoms with Gasteiger partial charge in [0.25, 0.3) is 5.91 Å². The number of aromatic nitrogens is 3. The molecular weight excluding hydrogens is 463 g/mol. The third-order valence-corrected chi connectivity index (χ3v) is 6.64. The number of carbonyl (C=O) groups excluding carboxylic acids is 1. The Hall–Kier alpha value is -2.64. The molecule has 9 heteroatoms. The summed E-state index contributed by atoms with van der Waals surface area (Å²) >= 11 is 19.7. The van der Waals surface area contributed by atoms with Gasteiger partial charge in [-0.1, -0.05) is 40.9 Å². The summed E-state index contributed by atoms with van der Waals surface area (Å²) in [5, 5.41) is 14.3. The van der Waals surface area contributed by atoms with Crippen LogP contribution in [0.1, 0.15) is 9.67 Å². The molecule has 0 saturated heterocycles. The predicted molar refractivity (Wildman–Crippen MR) is 124 cm³/mol. The molecule has 0 bridgehead atoms. The topological polar surface area (TPSA) is 59.8 Å². The van der Waals surface area contributed by atoms with Crippen LogP contribution in [-0.2, 0) is 0 Å². The zero-order valence-electron chi connectivity index (χ0n) is 15.1. The van der Waals surface area contributed by atoms with Gasteiger partial charge >= 0.3 is 0 Å². The van der Waals surface area contributed by atoms with E-state index in [1.54, 1.807) is 42.5 Å². The van der Waals surface area contributed by atoms with Crippen molar-refractivity contribution in [2.75, 3.05) is 5.32 Å². The molecule has 0 aliphatic rings. The van der Waals surface area contributed by atoms with Crippen molar-refractivity contribution in [2.45, 2.75) is 0 Å². The predicted octanol–water partition coefficient (Wildman–Crippen LogP) is 6.85. The maximum absolute atomic E-state index is 12.8. The summed E-state index contributed by atoms with van der Waals surface area (Å²) in [5.74, 6) is -0.290. The first-order valence-corrected chi connectivity index (χ1v) is 10.7. The van der Waals surface area contributed by atoms with E-state index in [1.807, 2.05) is 18.2 Å². The van der Waals surface area contributed by atoms with Gasteiger partial charge in [0, 0.05) is 25.8 Å². The zero-order chi connectivity index (χ0) is 20.8. The van der Waals surface area contributed by atoms with Gasteiger partial charge in [-0.2, -0.15) is 4.80 Å². The fourth-order valence-electron chi connectivity index (χ4n) is 3.06. The molecule has 0 atom stereocenters. The molecular formula is C21H11Cl3N4OS. The Bertz CT molecular complexity index is 1430. The highest BCUT2D eigenvalue weighted by molar-refractivity contribution is 7.21. The van der Waals surface area contributed by atoms with Gasteiger partial charge in [0.15, 0.2) is 0 Å². The van der Waals surface area contributed by atoms with E-state index in [4.69, 9.17) is 34.8 Å². The van der Waals surface area contributed by atoms with E-state index in [0.29, 0.717) is 36.7 Å². The van der Waals surface area contributed by atoms with Crippen molar-refractivity contribution < 1.29 is 4.79 Å². The van der Waals surface area contributed by atoms with E-state index in [1.165, 1.54) is 16.1 Å². The molecule has 2 heterocycles. The fraction of sp³-hybridized carbons (Fsp3) is 0. The van der Waals surface area contributed by atoms with Gasteiger partial charge in [0.2, 0.25) is 0 Å². The van der Waals surface area contributed by atoms with Gasteiger partial charge in [0.1, 0.15) is 15.9 Å². The van der Waals surface area contributed by atoms with Crippen LogP contribution in [-0.4, -0.2) is 20.9 Å². The number of benzene rings is 3. The number of amides is 1. The molecule has 1 amide bonds. The first-order valence-electron chi connectivity index (χ1n) is 8.80. The lowest BCUT2D eigenvalue weighted by Gasteiger charge is -2.03. The maximum atomic E-state index is 12.8. The minimum absolute atomic E-state index is 0.290. The Morgan fingerprint density at radius 1 is 0.867 bits per heavy atom. The molecule has 0 radical (unpaired) electrons. The SMILES string of the molecule is O=C(Nc1ccc2nn(-c3ccc(Cl)cc3)nc2c1)c1sc2cc(Cl)ccc2c1Cl. The lowest BCUT2D eigenvalue weighted by atomic mass is 10.2. The van der Waals surface area contributed by atoms with Crippen molar-refractivity contribution in [2.24, 2.45) is 0 Å². The molecule has 0 saturated carbocycles. The summed E-state index contributed by atoms with van der Waals surface area (Å²) in [6, 6.07) is 17.9. The van der Waals surface area contributed by atoms with Crippen LogP contribution in [0, 0.1) is 0 Å². The van der Waals surface area contributed by atoms with E-state index in [-0.39, 0.29) is 5.91 Å². The third kappa shape index (κ3) is 3.52. The Morgan fingerprint density at radius 2 is 1.60 bits per heavy atom. The summed E-state index contributed by atoms with van der Waals surface area (Å²) in [6.07, 6.45) is 0. The van der Waals surface area contributed by atoms with Crippen molar-refractivity contribution in [1.82, 2.24) is 15.0 Å². The molecule has 0 aliphatic carbocycles. The highest BCUT2D eigenvalue weighted by atomic mass is 35.5. The number of fused-ring (bicyclic) bond motifs is 2. The Labute approximate surface area is 189 Å². The van der Waals surface area contributed by atoms with Gasteiger partial charge in [-0.15, -0.1) is 21.5 Å². The van der Waals surface area contributed by atoms with Gasteiger partial charge in [0.05, 0.1) is 10.7 Å². The summed E-state index contributed by atoms with van der Waals surface area (Å²) in [6.45, 7) is 0. The first-order chi connectivity index (χ1) is 14.5. The number of nitrogens with one attached hydrogen (secondary N) is 1. The molecule has 5 rings (SSSR count). The lowest BCUT2D eigenvalue weighted by Crippen LogP contribution is -2.10. The maximum Gasteiger partial charge on any atom is 0.267 e. The number of nitrogens with zero attached hydrogens (tertiary/aromatic N) is 3. The minimum atomic E-state index is -0.290. The number of carbonyl (C=O) groups is 1. The quantitative estimate of drug-likeness (QED) is 0.312. The Balaban J connectivity index is 1.44. The van der Waals surface area contributed by atoms with Crippen LogP contribution in [0.25, 0.3) is 26.8 Å². The van der Waals surface area contributed by atoms with Crippen molar-refractivity contribution in [3.63, 3.8) is 0 Å². The average molecular weight is 474 g/mol. The van der Waals surface area contributed by atoms with Gasteiger partial charge in [-0.3, -0.25) is 4.79 Å². The molecule has 0 spiro atoms. The highest BCUT2D eigenvalue weighted by Crippen LogP contribution is 2.37. The number of rotatable bonds is 3. The second-order valence-electron chi connectivity index (χ2n) is 6.51. The van der Waals surface area contributed by atoms with E-state index < -0.39 is 0 Å². The van der Waals surface area contributed by atoms with Gasteiger partial charge < -0.3 is 5.32 Å². The number of thiophene rings is 1. The molecule has 0 fully saturated rings. The van der Waals surface area contributed by atoms with Crippen molar-refractivity contribution in [3.05, 3.63) is 80.6 Å². The van der Waals surface area contributed by atoms with Gasteiger partial charge in [-0.25, -0.2) is 0 Å². The molecule has 0 aliphatic heterocycles. The van der Waals surface area contributed by atoms with E-state index in [0.717, 1.165) is 15.8 Å². The summed E-state index contributed by atoms with van der Waals surface area (Å²) < 4.78 is 0.860. The minimum Gasteiger partial charge on any atom is -0.321 e. The molecule has 2 aromatic heterocycles. The van der Waals surface area contributed by atoms with E-state index in [2.05, 4.69) is 15.5 Å². The molecule has 30 heavy (non-hydrogen) atoms. The Kier molecular flexibility index (Phi) is 4.87. The van der Waals surface area contributed by atoms with Gasteiger partial charge in [-0.05, 0) is 54.6 Å². The van der Waals surface area contributed by atoms with Crippen LogP contribution in [0.2, 0.25) is 15.1 Å². The zero-order valence-corrected chi connectivity index (χ0v) is 18.1. The third-order valence-electron chi connectivity index (χ3n) is 4.49. The number of anilines is 1. The average Bonchev–Trinajstić information content (AvgIpc) is 3.29. The monoisotopic (exact) mass is 472 g/mol. The van der Waals surface area contributed by atoms with Crippen LogP contribution >= 0.6 is 46.1 Å². The summed E-state index contributed by atoms with van der Waals surface area (Å²) in [4.78, 5) is 14.8. The standard InChI is InChI=1S/C21H11Cl3N4OS/c22-11-1-5-14(6-2-11)28-26-16-8-4-13(10-17(16)27-28)25-21(29)20-19(24)15-7-3-12(23)9-18(15)30-20/h1-10H,(H,25,29). The molecule has 1 N–H and O–H groups in total.